The monoisotopic (exact) mass is 402 g/mol. The molecule has 1 amide bonds. The molecular formula is C22H30N2O3S. The molecule has 0 N–H and O–H groups in total. The summed E-state index contributed by atoms with van der Waals surface area (Å²) in [6.07, 6.45) is 7.68. The maximum absolute atomic E-state index is 13.4. The minimum absolute atomic E-state index is 0.0158. The Morgan fingerprint density at radius 1 is 0.857 bits per heavy atom. The predicted octanol–water partition coefficient (Wildman–Crippen LogP) is 3.12. The van der Waals surface area contributed by atoms with Crippen molar-refractivity contribution in [3.63, 3.8) is 0 Å². The molecule has 2 saturated carbocycles. The van der Waals surface area contributed by atoms with Crippen molar-refractivity contribution in [3.05, 3.63) is 30.3 Å². The zero-order valence-corrected chi connectivity index (χ0v) is 17.2. The van der Waals surface area contributed by atoms with Crippen LogP contribution in [0.25, 0.3) is 0 Å². The molecule has 3 saturated heterocycles. The summed E-state index contributed by atoms with van der Waals surface area (Å²) >= 11 is 0. The fourth-order valence-corrected chi connectivity index (χ4v) is 7.86. The summed E-state index contributed by atoms with van der Waals surface area (Å²) in [4.78, 5) is 15.9. The Labute approximate surface area is 168 Å². The fraction of sp³-hybridized carbons (Fsp3) is 0.682. The van der Waals surface area contributed by atoms with Crippen LogP contribution in [0.5, 0.6) is 0 Å². The second-order valence-electron chi connectivity index (χ2n) is 9.41. The maximum Gasteiger partial charge on any atom is 0.243 e. The topological polar surface area (TPSA) is 57.7 Å². The smallest absolute Gasteiger partial charge is 0.243 e. The standard InChI is InChI=1S/C22H30N2O3S/c25-22(24-15-18-11-16-10-17(12-18)14-20(24)13-16)19-6-8-23(9-7-19)28(26,27)21-4-2-1-3-5-21/h1-5,16-20H,6-15H2. The van der Waals surface area contributed by atoms with E-state index in [1.54, 1.807) is 28.6 Å². The molecule has 0 spiro atoms. The lowest BCUT2D eigenvalue weighted by molar-refractivity contribution is -0.139. The van der Waals surface area contributed by atoms with E-state index < -0.39 is 10.0 Å². The van der Waals surface area contributed by atoms with Gasteiger partial charge in [0.1, 0.15) is 0 Å². The molecule has 1 aromatic rings. The Balaban J connectivity index is 1.25. The van der Waals surface area contributed by atoms with Crippen LogP contribution in [0.15, 0.2) is 35.2 Å². The highest BCUT2D eigenvalue weighted by molar-refractivity contribution is 7.89. The summed E-state index contributed by atoms with van der Waals surface area (Å²) in [6, 6.07) is 9.07. The van der Waals surface area contributed by atoms with Crippen LogP contribution in [-0.2, 0) is 14.8 Å². The number of carbonyl (C=O) groups excluding carboxylic acids is 1. The largest absolute Gasteiger partial charge is 0.339 e. The second kappa shape index (κ2) is 7.13. The third kappa shape index (κ3) is 3.28. The summed E-state index contributed by atoms with van der Waals surface area (Å²) in [6.45, 7) is 1.83. The van der Waals surface area contributed by atoms with Gasteiger partial charge in [-0.15, -0.1) is 0 Å². The quantitative estimate of drug-likeness (QED) is 0.781. The number of nitrogens with zero attached hydrogens (tertiary/aromatic N) is 2. The van der Waals surface area contributed by atoms with E-state index in [2.05, 4.69) is 4.90 Å². The number of carbonyl (C=O) groups is 1. The van der Waals surface area contributed by atoms with Gasteiger partial charge in [-0.05, 0) is 74.8 Å². The number of piperidine rings is 1. The third-order valence-corrected chi connectivity index (χ3v) is 9.49. The molecule has 2 aliphatic carbocycles. The highest BCUT2D eigenvalue weighted by atomic mass is 32.2. The van der Waals surface area contributed by atoms with E-state index in [1.165, 1.54) is 32.1 Å². The number of hydrogen-bond acceptors (Lipinski definition) is 3. The zero-order valence-electron chi connectivity index (χ0n) is 16.4. The van der Waals surface area contributed by atoms with Gasteiger partial charge in [-0.25, -0.2) is 8.42 Å². The lowest BCUT2D eigenvalue weighted by atomic mass is 9.68. The normalized spacial score (nSPS) is 33.8. The Morgan fingerprint density at radius 2 is 1.46 bits per heavy atom. The van der Waals surface area contributed by atoms with Crippen molar-refractivity contribution in [2.75, 3.05) is 19.6 Å². The first kappa shape index (κ1) is 18.6. The Morgan fingerprint density at radius 3 is 2.11 bits per heavy atom. The van der Waals surface area contributed by atoms with Crippen LogP contribution in [-0.4, -0.2) is 49.2 Å². The molecule has 5 nitrogen and oxygen atoms in total. The van der Waals surface area contributed by atoms with Gasteiger partial charge in [0, 0.05) is 31.6 Å². The summed E-state index contributed by atoms with van der Waals surface area (Å²) in [5, 5.41) is 0. The highest BCUT2D eigenvalue weighted by Crippen LogP contribution is 2.48. The van der Waals surface area contributed by atoms with Gasteiger partial charge >= 0.3 is 0 Å². The Hall–Kier alpha value is -1.40. The zero-order chi connectivity index (χ0) is 19.3. The molecule has 5 aliphatic rings. The number of hydrogen-bond donors (Lipinski definition) is 0. The van der Waals surface area contributed by atoms with Crippen LogP contribution in [0.3, 0.4) is 0 Å². The highest BCUT2D eigenvalue weighted by Gasteiger charge is 2.45. The molecule has 4 bridgehead atoms. The van der Waals surface area contributed by atoms with E-state index in [1.807, 2.05) is 6.07 Å². The van der Waals surface area contributed by atoms with Crippen LogP contribution >= 0.6 is 0 Å². The molecule has 6 heteroatoms. The van der Waals surface area contributed by atoms with E-state index >= 15 is 0 Å². The van der Waals surface area contributed by atoms with Crippen molar-refractivity contribution >= 4 is 15.9 Å². The van der Waals surface area contributed by atoms with E-state index in [9.17, 15) is 13.2 Å². The number of fused-ring (bicyclic) bond motifs is 1. The van der Waals surface area contributed by atoms with Gasteiger partial charge in [0.25, 0.3) is 0 Å². The molecule has 6 rings (SSSR count). The first-order chi connectivity index (χ1) is 13.5. The molecule has 152 valence electrons. The van der Waals surface area contributed by atoms with Gasteiger partial charge in [-0.1, -0.05) is 18.2 Å². The molecule has 1 aromatic carbocycles. The molecule has 28 heavy (non-hydrogen) atoms. The average molecular weight is 403 g/mol. The van der Waals surface area contributed by atoms with Gasteiger partial charge in [-0.2, -0.15) is 4.31 Å². The van der Waals surface area contributed by atoms with Crippen LogP contribution < -0.4 is 0 Å². The van der Waals surface area contributed by atoms with Crippen molar-refractivity contribution in [1.29, 1.82) is 0 Å². The lowest BCUT2D eigenvalue weighted by Gasteiger charge is -2.40. The van der Waals surface area contributed by atoms with Gasteiger partial charge in [0.15, 0.2) is 0 Å². The van der Waals surface area contributed by atoms with E-state index in [0.717, 1.165) is 18.4 Å². The molecule has 5 fully saturated rings. The second-order valence-corrected chi connectivity index (χ2v) is 11.4. The third-order valence-electron chi connectivity index (χ3n) is 7.57. The number of sulfonamides is 1. The van der Waals surface area contributed by atoms with Crippen molar-refractivity contribution < 1.29 is 13.2 Å². The lowest BCUT2D eigenvalue weighted by Crippen LogP contribution is -2.48. The van der Waals surface area contributed by atoms with Gasteiger partial charge in [0.05, 0.1) is 4.90 Å². The van der Waals surface area contributed by atoms with E-state index in [0.29, 0.717) is 48.7 Å². The van der Waals surface area contributed by atoms with Crippen molar-refractivity contribution in [3.8, 4) is 0 Å². The summed E-state index contributed by atoms with van der Waals surface area (Å²) in [5.74, 6) is 2.64. The predicted molar refractivity (Wildman–Crippen MR) is 107 cm³/mol. The van der Waals surface area contributed by atoms with E-state index in [4.69, 9.17) is 0 Å². The fourth-order valence-electron chi connectivity index (χ4n) is 6.37. The van der Waals surface area contributed by atoms with E-state index in [-0.39, 0.29) is 5.92 Å². The molecule has 0 aromatic heterocycles. The Kier molecular flexibility index (Phi) is 4.74. The summed E-state index contributed by atoms with van der Waals surface area (Å²) in [7, 11) is -3.45. The number of amides is 1. The molecular weight excluding hydrogens is 372 g/mol. The van der Waals surface area contributed by atoms with Crippen molar-refractivity contribution in [2.24, 2.45) is 23.7 Å². The SMILES string of the molecule is O=C(C1CCN(S(=O)(=O)c2ccccc2)CC1)N1CC2CC3CC(C2)CC1C3. The van der Waals surface area contributed by atoms with Crippen molar-refractivity contribution in [2.45, 2.75) is 55.9 Å². The van der Waals surface area contributed by atoms with Crippen LogP contribution in [0.4, 0.5) is 0 Å². The molecule has 2 unspecified atom stereocenters. The maximum atomic E-state index is 13.4. The molecule has 0 radical (unpaired) electrons. The molecule has 3 aliphatic heterocycles. The summed E-state index contributed by atoms with van der Waals surface area (Å²) < 4.78 is 27.2. The minimum Gasteiger partial charge on any atom is -0.339 e. The average Bonchev–Trinajstić information content (AvgIpc) is 2.91. The summed E-state index contributed by atoms with van der Waals surface area (Å²) in [5.41, 5.74) is 0. The minimum atomic E-state index is -3.45. The Bertz CT molecular complexity index is 819. The van der Waals surface area contributed by atoms with Gasteiger partial charge in [-0.3, -0.25) is 4.79 Å². The molecule has 2 atom stereocenters. The van der Waals surface area contributed by atoms with Crippen LogP contribution in [0, 0.1) is 23.7 Å². The number of rotatable bonds is 3. The van der Waals surface area contributed by atoms with Gasteiger partial charge in [0.2, 0.25) is 15.9 Å². The van der Waals surface area contributed by atoms with Crippen LogP contribution in [0.2, 0.25) is 0 Å². The van der Waals surface area contributed by atoms with Gasteiger partial charge < -0.3 is 4.90 Å². The first-order valence-corrected chi connectivity index (χ1v) is 12.3. The number of benzene rings is 1. The first-order valence-electron chi connectivity index (χ1n) is 10.9. The molecule has 3 heterocycles. The van der Waals surface area contributed by atoms with Crippen LogP contribution in [0.1, 0.15) is 44.9 Å². The van der Waals surface area contributed by atoms with Crippen molar-refractivity contribution in [1.82, 2.24) is 9.21 Å².